The largest absolute Gasteiger partial charge is 0.486 e. The third-order valence-corrected chi connectivity index (χ3v) is 4.33. The molecule has 1 aromatic rings. The first-order valence-electron chi connectivity index (χ1n) is 7.87. The van der Waals surface area contributed by atoms with Crippen molar-refractivity contribution in [3.63, 3.8) is 0 Å². The Morgan fingerprint density at radius 1 is 1.22 bits per heavy atom. The van der Waals surface area contributed by atoms with Crippen LogP contribution in [0.3, 0.4) is 0 Å². The molecule has 0 saturated heterocycles. The van der Waals surface area contributed by atoms with E-state index in [1.165, 1.54) is 32.1 Å². The summed E-state index contributed by atoms with van der Waals surface area (Å²) in [6.45, 7) is 1.55. The summed E-state index contributed by atoms with van der Waals surface area (Å²) >= 11 is 6.22. The predicted octanol–water partition coefficient (Wildman–Crippen LogP) is 3.47. The van der Waals surface area contributed by atoms with Crippen molar-refractivity contribution in [1.29, 1.82) is 0 Å². The van der Waals surface area contributed by atoms with Crippen molar-refractivity contribution in [2.24, 2.45) is 10.7 Å². The second-order valence-electron chi connectivity index (χ2n) is 5.78. The molecular formula is C16H23ClIN3O2. The third-order valence-electron chi connectivity index (χ3n) is 4.05. The average molecular weight is 452 g/mol. The summed E-state index contributed by atoms with van der Waals surface area (Å²) in [7, 11) is 0. The highest BCUT2D eigenvalue weighted by atomic mass is 127. The lowest BCUT2D eigenvalue weighted by Gasteiger charge is -2.23. The van der Waals surface area contributed by atoms with Crippen molar-refractivity contribution in [2.75, 3.05) is 13.2 Å². The number of nitrogens with zero attached hydrogens (tertiary/aromatic N) is 1. The van der Waals surface area contributed by atoms with Gasteiger partial charge < -0.3 is 20.5 Å². The molecule has 1 aliphatic heterocycles. The molecule has 2 aliphatic rings. The third kappa shape index (κ3) is 5.04. The van der Waals surface area contributed by atoms with Gasteiger partial charge in [0.2, 0.25) is 0 Å². The highest BCUT2D eigenvalue weighted by Gasteiger charge is 2.17. The van der Waals surface area contributed by atoms with Crippen LogP contribution < -0.4 is 20.5 Å². The summed E-state index contributed by atoms with van der Waals surface area (Å²) in [6.07, 6.45) is 6.20. The number of aliphatic imine (C=N–C) groups is 1. The van der Waals surface area contributed by atoms with Crippen molar-refractivity contribution in [3.8, 4) is 11.5 Å². The number of fused-ring (bicyclic) bond motifs is 1. The van der Waals surface area contributed by atoms with Crippen LogP contribution in [0.2, 0.25) is 5.02 Å². The van der Waals surface area contributed by atoms with Crippen LogP contribution in [0.1, 0.15) is 37.7 Å². The van der Waals surface area contributed by atoms with E-state index in [4.69, 9.17) is 26.8 Å². The molecule has 0 bridgehead atoms. The van der Waals surface area contributed by atoms with Crippen molar-refractivity contribution < 1.29 is 9.47 Å². The molecule has 1 fully saturated rings. The second-order valence-corrected chi connectivity index (χ2v) is 6.19. The average Bonchev–Trinajstić information content (AvgIpc) is 2.54. The van der Waals surface area contributed by atoms with Gasteiger partial charge in [-0.1, -0.05) is 30.9 Å². The number of halogens is 2. The molecule has 0 aromatic heterocycles. The van der Waals surface area contributed by atoms with E-state index in [9.17, 15) is 0 Å². The molecule has 3 rings (SSSR count). The van der Waals surface area contributed by atoms with Crippen LogP contribution in [-0.2, 0) is 6.54 Å². The summed E-state index contributed by atoms with van der Waals surface area (Å²) in [5, 5.41) is 3.86. The molecule has 1 saturated carbocycles. The summed E-state index contributed by atoms with van der Waals surface area (Å²) < 4.78 is 11.1. The Bertz CT molecular complexity index is 563. The number of nitrogens with one attached hydrogen (secondary N) is 1. The quantitative estimate of drug-likeness (QED) is 0.419. The number of ether oxygens (including phenoxy) is 2. The Labute approximate surface area is 159 Å². The van der Waals surface area contributed by atoms with E-state index < -0.39 is 0 Å². The molecule has 23 heavy (non-hydrogen) atoms. The van der Waals surface area contributed by atoms with Gasteiger partial charge in [0, 0.05) is 6.04 Å². The fourth-order valence-electron chi connectivity index (χ4n) is 2.93. The second kappa shape index (κ2) is 8.82. The van der Waals surface area contributed by atoms with Crippen LogP contribution in [0, 0.1) is 0 Å². The number of benzene rings is 1. The Kier molecular flexibility index (Phi) is 7.08. The fourth-order valence-corrected chi connectivity index (χ4v) is 3.22. The van der Waals surface area contributed by atoms with Gasteiger partial charge in [-0.05, 0) is 30.5 Å². The standard InChI is InChI=1S/C16H22ClN3O2.HI/c17-13-8-11(9-14-15(13)22-7-6-21-14)10-19-16(18)20-12-4-2-1-3-5-12;/h8-9,12H,1-7,10H2,(H3,18,19,20);1H. The number of guanidine groups is 1. The molecule has 5 nitrogen and oxygen atoms in total. The summed E-state index contributed by atoms with van der Waals surface area (Å²) in [4.78, 5) is 4.41. The molecule has 3 N–H and O–H groups in total. The molecule has 7 heteroatoms. The van der Waals surface area contributed by atoms with Gasteiger partial charge in [0.1, 0.15) is 13.2 Å². The minimum absolute atomic E-state index is 0. The maximum Gasteiger partial charge on any atom is 0.189 e. The lowest BCUT2D eigenvalue weighted by molar-refractivity contribution is 0.171. The highest BCUT2D eigenvalue weighted by molar-refractivity contribution is 14.0. The highest BCUT2D eigenvalue weighted by Crippen LogP contribution is 2.38. The van der Waals surface area contributed by atoms with E-state index in [1.807, 2.05) is 12.1 Å². The fraction of sp³-hybridized carbons (Fsp3) is 0.562. The number of rotatable bonds is 3. The molecule has 0 radical (unpaired) electrons. The van der Waals surface area contributed by atoms with Crippen LogP contribution in [-0.4, -0.2) is 25.2 Å². The van der Waals surface area contributed by atoms with E-state index >= 15 is 0 Å². The first kappa shape index (κ1) is 18.4. The summed E-state index contributed by atoms with van der Waals surface area (Å²) in [5.41, 5.74) is 6.94. The maximum atomic E-state index is 6.22. The molecule has 1 aliphatic carbocycles. The van der Waals surface area contributed by atoms with Gasteiger partial charge in [-0.3, -0.25) is 0 Å². The Morgan fingerprint density at radius 2 is 1.96 bits per heavy atom. The van der Waals surface area contributed by atoms with Crippen molar-refractivity contribution in [3.05, 3.63) is 22.7 Å². The lowest BCUT2D eigenvalue weighted by Crippen LogP contribution is -2.41. The first-order valence-corrected chi connectivity index (χ1v) is 8.24. The van der Waals surface area contributed by atoms with Crippen LogP contribution in [0.25, 0.3) is 0 Å². The molecule has 0 atom stereocenters. The molecule has 0 unspecified atom stereocenters. The smallest absolute Gasteiger partial charge is 0.189 e. The Balaban J connectivity index is 0.00000192. The molecule has 0 amide bonds. The predicted molar refractivity (Wildman–Crippen MR) is 103 cm³/mol. The molecule has 0 spiro atoms. The van der Waals surface area contributed by atoms with Crippen LogP contribution in [0.5, 0.6) is 11.5 Å². The number of hydrogen-bond acceptors (Lipinski definition) is 3. The van der Waals surface area contributed by atoms with Crippen LogP contribution in [0.15, 0.2) is 17.1 Å². The summed E-state index contributed by atoms with van der Waals surface area (Å²) in [5.74, 6) is 1.80. The van der Waals surface area contributed by atoms with E-state index in [1.54, 1.807) is 0 Å². The van der Waals surface area contributed by atoms with Gasteiger partial charge in [0.05, 0.1) is 11.6 Å². The van der Waals surface area contributed by atoms with Gasteiger partial charge in [-0.15, -0.1) is 24.0 Å². The van der Waals surface area contributed by atoms with E-state index in [0.29, 0.717) is 48.3 Å². The van der Waals surface area contributed by atoms with Crippen LogP contribution >= 0.6 is 35.6 Å². The molecule has 1 aromatic carbocycles. The normalized spacial score (nSPS) is 18.2. The zero-order valence-corrected chi connectivity index (χ0v) is 16.1. The molecular weight excluding hydrogens is 429 g/mol. The van der Waals surface area contributed by atoms with Crippen LogP contribution in [0.4, 0.5) is 0 Å². The van der Waals surface area contributed by atoms with E-state index in [-0.39, 0.29) is 24.0 Å². The monoisotopic (exact) mass is 451 g/mol. The molecule has 1 heterocycles. The SMILES string of the molecule is I.NC(=NCc1cc(Cl)c2c(c1)OCCO2)NC1CCCCC1. The van der Waals surface area contributed by atoms with Crippen molar-refractivity contribution in [2.45, 2.75) is 44.7 Å². The van der Waals surface area contributed by atoms with Crippen molar-refractivity contribution >= 4 is 41.5 Å². The molecule has 128 valence electrons. The van der Waals surface area contributed by atoms with Gasteiger partial charge in [-0.2, -0.15) is 0 Å². The van der Waals surface area contributed by atoms with E-state index in [0.717, 1.165) is 5.56 Å². The zero-order valence-electron chi connectivity index (χ0n) is 13.0. The number of hydrogen-bond donors (Lipinski definition) is 2. The Hall–Kier alpha value is -0.890. The minimum atomic E-state index is 0. The summed E-state index contributed by atoms with van der Waals surface area (Å²) in [6, 6.07) is 4.23. The zero-order chi connectivity index (χ0) is 15.4. The van der Waals surface area contributed by atoms with Gasteiger partial charge in [0.25, 0.3) is 0 Å². The first-order chi connectivity index (χ1) is 10.7. The van der Waals surface area contributed by atoms with Gasteiger partial charge >= 0.3 is 0 Å². The topological polar surface area (TPSA) is 68.9 Å². The lowest BCUT2D eigenvalue weighted by atomic mass is 9.96. The van der Waals surface area contributed by atoms with Gasteiger partial charge in [-0.25, -0.2) is 4.99 Å². The maximum absolute atomic E-state index is 6.22. The van der Waals surface area contributed by atoms with Crippen molar-refractivity contribution in [1.82, 2.24) is 5.32 Å². The van der Waals surface area contributed by atoms with E-state index in [2.05, 4.69) is 10.3 Å². The van der Waals surface area contributed by atoms with Gasteiger partial charge in [0.15, 0.2) is 17.5 Å². The number of nitrogens with two attached hydrogens (primary N) is 1. The minimum Gasteiger partial charge on any atom is -0.486 e. The Morgan fingerprint density at radius 3 is 2.74 bits per heavy atom.